The van der Waals surface area contributed by atoms with Crippen molar-refractivity contribution in [2.24, 2.45) is 0 Å². The number of carbonyl (C=O) groups excluding carboxylic acids is 2. The van der Waals surface area contributed by atoms with Gasteiger partial charge in [0.2, 0.25) is 5.91 Å². The second-order valence-electron chi connectivity index (χ2n) is 4.91. The largest absolute Gasteiger partial charge is 0.345 e. The molecule has 0 aliphatic heterocycles. The average molecular weight is 302 g/mol. The lowest BCUT2D eigenvalue weighted by Crippen LogP contribution is -2.22. The fourth-order valence-electron chi connectivity index (χ4n) is 1.90. The standard InChI is InChI=1S/C16H18N2O2S/c1-18(2)16(20)12-5-3-6-13(11-12)17-15(19)9-8-14-7-4-10-21-14/h3-7,10-11H,8-9H2,1-2H3,(H,17,19). The van der Waals surface area contributed by atoms with Crippen LogP contribution in [0.1, 0.15) is 21.7 Å². The Morgan fingerprint density at radius 2 is 2.00 bits per heavy atom. The summed E-state index contributed by atoms with van der Waals surface area (Å²) < 4.78 is 0. The summed E-state index contributed by atoms with van der Waals surface area (Å²) in [6, 6.07) is 11.0. The van der Waals surface area contributed by atoms with Crippen LogP contribution >= 0.6 is 11.3 Å². The molecular weight excluding hydrogens is 284 g/mol. The van der Waals surface area contributed by atoms with Crippen molar-refractivity contribution in [1.29, 1.82) is 0 Å². The van der Waals surface area contributed by atoms with E-state index in [1.165, 1.54) is 9.78 Å². The van der Waals surface area contributed by atoms with E-state index in [2.05, 4.69) is 5.32 Å². The molecule has 1 aromatic heterocycles. The number of aryl methyl sites for hydroxylation is 1. The summed E-state index contributed by atoms with van der Waals surface area (Å²) in [5, 5.41) is 4.84. The van der Waals surface area contributed by atoms with E-state index in [-0.39, 0.29) is 11.8 Å². The second kappa shape index (κ2) is 7.04. The number of nitrogens with one attached hydrogen (secondary N) is 1. The summed E-state index contributed by atoms with van der Waals surface area (Å²) in [6.45, 7) is 0. The molecule has 1 aromatic carbocycles. The van der Waals surface area contributed by atoms with Gasteiger partial charge in [-0.05, 0) is 36.1 Å². The van der Waals surface area contributed by atoms with Crippen molar-refractivity contribution in [3.05, 3.63) is 52.2 Å². The molecule has 1 N–H and O–H groups in total. The van der Waals surface area contributed by atoms with Crippen LogP contribution < -0.4 is 5.32 Å². The van der Waals surface area contributed by atoms with Gasteiger partial charge in [-0.15, -0.1) is 11.3 Å². The molecule has 0 radical (unpaired) electrons. The van der Waals surface area contributed by atoms with E-state index in [0.29, 0.717) is 17.7 Å². The number of hydrogen-bond acceptors (Lipinski definition) is 3. The molecule has 2 amide bonds. The van der Waals surface area contributed by atoms with Crippen LogP contribution in [0, 0.1) is 0 Å². The van der Waals surface area contributed by atoms with Crippen molar-refractivity contribution < 1.29 is 9.59 Å². The maximum atomic E-state index is 11.9. The molecule has 2 aromatic rings. The molecule has 0 bridgehead atoms. The monoisotopic (exact) mass is 302 g/mol. The Hall–Kier alpha value is -2.14. The number of carbonyl (C=O) groups is 2. The SMILES string of the molecule is CN(C)C(=O)c1cccc(NC(=O)CCc2cccs2)c1. The van der Waals surface area contributed by atoms with Crippen molar-refractivity contribution in [1.82, 2.24) is 4.90 Å². The first kappa shape index (κ1) is 15.3. The van der Waals surface area contributed by atoms with Gasteiger partial charge in [-0.1, -0.05) is 12.1 Å². The zero-order chi connectivity index (χ0) is 15.2. The highest BCUT2D eigenvalue weighted by atomic mass is 32.1. The van der Waals surface area contributed by atoms with Crippen LogP contribution in [-0.4, -0.2) is 30.8 Å². The van der Waals surface area contributed by atoms with Crippen LogP contribution in [-0.2, 0) is 11.2 Å². The third-order valence-electron chi connectivity index (χ3n) is 2.98. The molecule has 0 saturated heterocycles. The van der Waals surface area contributed by atoms with Crippen LogP contribution in [0.2, 0.25) is 0 Å². The van der Waals surface area contributed by atoms with Gasteiger partial charge < -0.3 is 10.2 Å². The molecule has 110 valence electrons. The predicted molar refractivity (Wildman–Crippen MR) is 85.7 cm³/mol. The van der Waals surface area contributed by atoms with Crippen molar-refractivity contribution in [3.8, 4) is 0 Å². The number of thiophene rings is 1. The summed E-state index contributed by atoms with van der Waals surface area (Å²) in [7, 11) is 3.41. The quantitative estimate of drug-likeness (QED) is 0.923. The van der Waals surface area contributed by atoms with E-state index >= 15 is 0 Å². The van der Waals surface area contributed by atoms with Gasteiger partial charge in [-0.2, -0.15) is 0 Å². The Morgan fingerprint density at radius 1 is 1.19 bits per heavy atom. The smallest absolute Gasteiger partial charge is 0.253 e. The topological polar surface area (TPSA) is 49.4 Å². The van der Waals surface area contributed by atoms with E-state index < -0.39 is 0 Å². The maximum Gasteiger partial charge on any atom is 0.253 e. The van der Waals surface area contributed by atoms with Gasteiger partial charge in [0.15, 0.2) is 0 Å². The Balaban J connectivity index is 1.94. The molecule has 0 saturated carbocycles. The minimum absolute atomic E-state index is 0.0437. The third-order valence-corrected chi connectivity index (χ3v) is 3.91. The zero-order valence-electron chi connectivity index (χ0n) is 12.1. The Morgan fingerprint density at radius 3 is 2.67 bits per heavy atom. The number of anilines is 1. The molecule has 21 heavy (non-hydrogen) atoms. The fourth-order valence-corrected chi connectivity index (χ4v) is 2.61. The lowest BCUT2D eigenvalue weighted by molar-refractivity contribution is -0.116. The summed E-state index contributed by atoms with van der Waals surface area (Å²) >= 11 is 1.65. The van der Waals surface area contributed by atoms with E-state index in [9.17, 15) is 9.59 Å². The third kappa shape index (κ3) is 4.43. The molecule has 0 spiro atoms. The van der Waals surface area contributed by atoms with Crippen LogP contribution in [0.25, 0.3) is 0 Å². The van der Waals surface area contributed by atoms with Crippen molar-refractivity contribution in [3.63, 3.8) is 0 Å². The molecule has 0 fully saturated rings. The summed E-state index contributed by atoms with van der Waals surface area (Å²) in [5.74, 6) is -0.123. The molecule has 2 rings (SSSR count). The van der Waals surface area contributed by atoms with Crippen molar-refractivity contribution >= 4 is 28.8 Å². The Bertz CT molecular complexity index is 621. The Kier molecular flexibility index (Phi) is 5.11. The molecule has 1 heterocycles. The van der Waals surface area contributed by atoms with Gasteiger partial charge in [-0.3, -0.25) is 9.59 Å². The Labute approximate surface area is 128 Å². The average Bonchev–Trinajstić information content (AvgIpc) is 2.98. The zero-order valence-corrected chi connectivity index (χ0v) is 12.9. The van der Waals surface area contributed by atoms with Crippen molar-refractivity contribution in [2.45, 2.75) is 12.8 Å². The number of nitrogens with zero attached hydrogens (tertiary/aromatic N) is 1. The molecule has 0 aliphatic carbocycles. The normalized spacial score (nSPS) is 10.2. The molecule has 0 unspecified atom stereocenters. The first-order valence-corrected chi connectivity index (χ1v) is 7.58. The minimum Gasteiger partial charge on any atom is -0.345 e. The number of amides is 2. The van der Waals surface area contributed by atoms with E-state index in [0.717, 1.165) is 6.42 Å². The fraction of sp³-hybridized carbons (Fsp3) is 0.250. The molecular formula is C16H18N2O2S. The van der Waals surface area contributed by atoms with Crippen LogP contribution in [0.15, 0.2) is 41.8 Å². The molecule has 0 aliphatic rings. The van der Waals surface area contributed by atoms with Gasteiger partial charge in [-0.25, -0.2) is 0 Å². The van der Waals surface area contributed by atoms with E-state index in [1.807, 2.05) is 17.5 Å². The van der Waals surface area contributed by atoms with Crippen LogP contribution in [0.4, 0.5) is 5.69 Å². The van der Waals surface area contributed by atoms with Gasteiger partial charge in [0.25, 0.3) is 5.91 Å². The second-order valence-corrected chi connectivity index (χ2v) is 5.94. The summed E-state index contributed by atoms with van der Waals surface area (Å²) in [5.41, 5.74) is 1.22. The van der Waals surface area contributed by atoms with Gasteiger partial charge in [0.1, 0.15) is 0 Å². The predicted octanol–water partition coefficient (Wildman–Crippen LogP) is 3.02. The molecule has 5 heteroatoms. The highest BCUT2D eigenvalue weighted by Gasteiger charge is 2.09. The number of benzene rings is 1. The van der Waals surface area contributed by atoms with E-state index in [4.69, 9.17) is 0 Å². The first-order valence-electron chi connectivity index (χ1n) is 6.70. The van der Waals surface area contributed by atoms with Crippen LogP contribution in [0.3, 0.4) is 0 Å². The lowest BCUT2D eigenvalue weighted by Gasteiger charge is -2.11. The minimum atomic E-state index is -0.0790. The highest BCUT2D eigenvalue weighted by molar-refractivity contribution is 7.09. The molecule has 4 nitrogen and oxygen atoms in total. The van der Waals surface area contributed by atoms with Gasteiger partial charge in [0.05, 0.1) is 0 Å². The summed E-state index contributed by atoms with van der Waals surface area (Å²) in [4.78, 5) is 26.5. The number of hydrogen-bond donors (Lipinski definition) is 1. The molecule has 0 atom stereocenters. The highest BCUT2D eigenvalue weighted by Crippen LogP contribution is 2.14. The lowest BCUT2D eigenvalue weighted by atomic mass is 10.1. The first-order chi connectivity index (χ1) is 10.1. The van der Waals surface area contributed by atoms with Crippen LogP contribution in [0.5, 0.6) is 0 Å². The summed E-state index contributed by atoms with van der Waals surface area (Å²) in [6.07, 6.45) is 1.17. The van der Waals surface area contributed by atoms with Gasteiger partial charge in [0, 0.05) is 36.6 Å². The van der Waals surface area contributed by atoms with Gasteiger partial charge >= 0.3 is 0 Å². The van der Waals surface area contributed by atoms with E-state index in [1.54, 1.807) is 49.7 Å². The number of rotatable bonds is 5. The maximum absolute atomic E-state index is 11.9. The van der Waals surface area contributed by atoms with Crippen molar-refractivity contribution in [2.75, 3.05) is 19.4 Å².